The maximum absolute atomic E-state index is 11.6. The molecular formula is C17H26N2O2. The van der Waals surface area contributed by atoms with Crippen LogP contribution in [0.5, 0.6) is 0 Å². The molecule has 4 nitrogen and oxygen atoms in total. The summed E-state index contributed by atoms with van der Waals surface area (Å²) < 4.78 is 0. The zero-order valence-electron chi connectivity index (χ0n) is 13.2. The van der Waals surface area contributed by atoms with E-state index in [1.807, 2.05) is 0 Å². The molecule has 0 amide bonds. The van der Waals surface area contributed by atoms with Crippen molar-refractivity contribution in [2.45, 2.75) is 38.1 Å². The summed E-state index contributed by atoms with van der Waals surface area (Å²) in [4.78, 5) is 13.9. The number of carboxylic acid groups (broad SMARTS) is 1. The summed E-state index contributed by atoms with van der Waals surface area (Å²) in [5.74, 6) is -0.502. The van der Waals surface area contributed by atoms with Crippen LogP contribution in [0.4, 0.5) is 5.69 Å². The van der Waals surface area contributed by atoms with Gasteiger partial charge >= 0.3 is 5.97 Å². The quantitative estimate of drug-likeness (QED) is 0.846. The van der Waals surface area contributed by atoms with Crippen LogP contribution in [-0.2, 0) is 4.79 Å². The van der Waals surface area contributed by atoms with Crippen molar-refractivity contribution in [2.24, 2.45) is 5.92 Å². The van der Waals surface area contributed by atoms with E-state index >= 15 is 0 Å². The predicted octanol–water partition coefficient (Wildman–Crippen LogP) is 2.66. The van der Waals surface area contributed by atoms with Crippen LogP contribution in [0.3, 0.4) is 0 Å². The highest BCUT2D eigenvalue weighted by Gasteiger charge is 2.47. The molecule has 0 aromatic heterocycles. The number of hydrogen-bond acceptors (Lipinski definition) is 3. The first kappa shape index (κ1) is 15.8. The standard InChI is InChI=1S/C17H26N2O2/c1-13-6-4-8-15(12-13)19(3)11-9-14-7-5-10-17(14,18-2)16(20)21/h4,6,8,12,14,18H,5,7,9-11H2,1-3H3,(H,20,21). The third-order valence-electron chi connectivity index (χ3n) is 4.90. The molecule has 2 N–H and O–H groups in total. The second-order valence-corrected chi connectivity index (χ2v) is 6.16. The molecule has 0 aliphatic heterocycles. The number of hydrogen-bond donors (Lipinski definition) is 2. The van der Waals surface area contributed by atoms with E-state index in [0.717, 1.165) is 32.2 Å². The Labute approximate surface area is 127 Å². The van der Waals surface area contributed by atoms with Gasteiger partial charge in [-0.05, 0) is 56.8 Å². The minimum absolute atomic E-state index is 0.201. The largest absolute Gasteiger partial charge is 0.480 e. The molecule has 2 rings (SSSR count). The molecule has 0 radical (unpaired) electrons. The average molecular weight is 290 g/mol. The molecule has 1 aliphatic rings. The summed E-state index contributed by atoms with van der Waals surface area (Å²) in [5, 5.41) is 12.7. The Kier molecular flexibility index (Phi) is 4.88. The molecule has 1 aliphatic carbocycles. The van der Waals surface area contributed by atoms with Crippen LogP contribution in [0, 0.1) is 12.8 Å². The van der Waals surface area contributed by atoms with Gasteiger partial charge in [-0.1, -0.05) is 18.6 Å². The maximum atomic E-state index is 11.6. The first-order valence-electron chi connectivity index (χ1n) is 7.69. The molecule has 4 heteroatoms. The minimum atomic E-state index is -0.729. The fourth-order valence-electron chi connectivity index (χ4n) is 3.53. The van der Waals surface area contributed by atoms with Crippen LogP contribution in [0.2, 0.25) is 0 Å². The fourth-order valence-corrected chi connectivity index (χ4v) is 3.53. The molecule has 0 bridgehead atoms. The maximum Gasteiger partial charge on any atom is 0.324 e. The van der Waals surface area contributed by atoms with Crippen molar-refractivity contribution in [1.29, 1.82) is 0 Å². The van der Waals surface area contributed by atoms with E-state index in [9.17, 15) is 9.90 Å². The van der Waals surface area contributed by atoms with Gasteiger partial charge in [-0.25, -0.2) is 0 Å². The molecule has 0 heterocycles. The van der Waals surface area contributed by atoms with Gasteiger partial charge in [-0.2, -0.15) is 0 Å². The summed E-state index contributed by atoms with van der Waals surface area (Å²) in [7, 11) is 3.85. The van der Waals surface area contributed by atoms with Gasteiger partial charge < -0.3 is 15.3 Å². The molecule has 0 saturated heterocycles. The highest BCUT2D eigenvalue weighted by molar-refractivity contribution is 5.79. The van der Waals surface area contributed by atoms with Crippen LogP contribution in [0.15, 0.2) is 24.3 Å². The van der Waals surface area contributed by atoms with E-state index in [2.05, 4.69) is 48.5 Å². The van der Waals surface area contributed by atoms with E-state index in [4.69, 9.17) is 0 Å². The van der Waals surface area contributed by atoms with Crippen LogP contribution in [0.1, 0.15) is 31.2 Å². The van der Waals surface area contributed by atoms with Gasteiger partial charge in [0, 0.05) is 19.3 Å². The number of aryl methyl sites for hydroxylation is 1. The summed E-state index contributed by atoms with van der Waals surface area (Å²) in [6.07, 6.45) is 3.62. The van der Waals surface area contributed by atoms with Crippen LogP contribution < -0.4 is 10.2 Å². The average Bonchev–Trinajstić information content (AvgIpc) is 2.89. The van der Waals surface area contributed by atoms with Gasteiger partial charge in [0.15, 0.2) is 0 Å². The van der Waals surface area contributed by atoms with Gasteiger partial charge in [0.25, 0.3) is 0 Å². The van der Waals surface area contributed by atoms with Crippen LogP contribution in [-0.4, -0.2) is 37.3 Å². The lowest BCUT2D eigenvalue weighted by Gasteiger charge is -2.32. The summed E-state index contributed by atoms with van der Waals surface area (Å²) >= 11 is 0. The molecule has 2 unspecified atom stereocenters. The SMILES string of the molecule is CNC1(C(=O)O)CCCC1CCN(C)c1cccc(C)c1. The Morgan fingerprint density at radius 1 is 1.52 bits per heavy atom. The zero-order valence-corrected chi connectivity index (χ0v) is 13.2. The lowest BCUT2D eigenvalue weighted by molar-refractivity contribution is -0.146. The molecule has 1 aromatic carbocycles. The number of likely N-dealkylation sites (N-methyl/N-ethyl adjacent to an activating group) is 1. The summed E-state index contributed by atoms with van der Waals surface area (Å²) in [6.45, 7) is 2.97. The Balaban J connectivity index is 2.00. The molecule has 1 saturated carbocycles. The van der Waals surface area contributed by atoms with E-state index in [0.29, 0.717) is 0 Å². The van der Waals surface area contributed by atoms with Gasteiger partial charge in [0.1, 0.15) is 5.54 Å². The second-order valence-electron chi connectivity index (χ2n) is 6.16. The number of nitrogens with zero attached hydrogens (tertiary/aromatic N) is 1. The summed E-state index contributed by atoms with van der Waals surface area (Å²) in [5.41, 5.74) is 1.71. The van der Waals surface area contributed by atoms with Gasteiger partial charge in [0.2, 0.25) is 0 Å². The monoisotopic (exact) mass is 290 g/mol. The van der Waals surface area contributed by atoms with Gasteiger partial charge in [0.05, 0.1) is 0 Å². The molecule has 2 atom stereocenters. The Hall–Kier alpha value is -1.55. The fraction of sp³-hybridized carbons (Fsp3) is 0.588. The lowest BCUT2D eigenvalue weighted by Crippen LogP contribution is -2.53. The van der Waals surface area contributed by atoms with E-state index in [1.54, 1.807) is 7.05 Å². The molecule has 21 heavy (non-hydrogen) atoms. The number of carboxylic acids is 1. The first-order chi connectivity index (χ1) is 9.99. The number of carbonyl (C=O) groups is 1. The molecule has 116 valence electrons. The van der Waals surface area contributed by atoms with Crippen molar-refractivity contribution in [3.05, 3.63) is 29.8 Å². The lowest BCUT2D eigenvalue weighted by atomic mass is 9.84. The van der Waals surface area contributed by atoms with E-state index < -0.39 is 11.5 Å². The molecular weight excluding hydrogens is 264 g/mol. The normalized spacial score (nSPS) is 25.0. The highest BCUT2D eigenvalue weighted by atomic mass is 16.4. The number of benzene rings is 1. The highest BCUT2D eigenvalue weighted by Crippen LogP contribution is 2.38. The molecule has 1 aromatic rings. The third-order valence-corrected chi connectivity index (χ3v) is 4.90. The number of rotatable bonds is 6. The van der Waals surface area contributed by atoms with E-state index in [-0.39, 0.29) is 5.92 Å². The predicted molar refractivity (Wildman–Crippen MR) is 85.8 cm³/mol. The smallest absolute Gasteiger partial charge is 0.324 e. The topological polar surface area (TPSA) is 52.6 Å². The van der Waals surface area contributed by atoms with Gasteiger partial charge in [-0.3, -0.25) is 4.79 Å². The van der Waals surface area contributed by atoms with E-state index in [1.165, 1.54) is 11.3 Å². The molecule has 0 spiro atoms. The number of aliphatic carboxylic acids is 1. The second kappa shape index (κ2) is 6.48. The Morgan fingerprint density at radius 2 is 2.29 bits per heavy atom. The number of nitrogens with one attached hydrogen (secondary N) is 1. The third kappa shape index (κ3) is 3.21. The van der Waals surface area contributed by atoms with Crippen molar-refractivity contribution >= 4 is 11.7 Å². The Morgan fingerprint density at radius 3 is 2.90 bits per heavy atom. The summed E-state index contributed by atoms with van der Waals surface area (Å²) in [6, 6.07) is 8.41. The minimum Gasteiger partial charge on any atom is -0.480 e. The van der Waals surface area contributed by atoms with Crippen LogP contribution >= 0.6 is 0 Å². The Bertz CT molecular complexity index is 503. The van der Waals surface area contributed by atoms with Crippen molar-refractivity contribution in [2.75, 3.05) is 25.5 Å². The molecule has 1 fully saturated rings. The van der Waals surface area contributed by atoms with Crippen molar-refractivity contribution < 1.29 is 9.90 Å². The van der Waals surface area contributed by atoms with Gasteiger partial charge in [-0.15, -0.1) is 0 Å². The van der Waals surface area contributed by atoms with Crippen molar-refractivity contribution in [1.82, 2.24) is 5.32 Å². The number of anilines is 1. The van der Waals surface area contributed by atoms with Crippen molar-refractivity contribution in [3.8, 4) is 0 Å². The first-order valence-corrected chi connectivity index (χ1v) is 7.69. The van der Waals surface area contributed by atoms with Crippen LogP contribution in [0.25, 0.3) is 0 Å². The van der Waals surface area contributed by atoms with Crippen molar-refractivity contribution in [3.63, 3.8) is 0 Å². The zero-order chi connectivity index (χ0) is 15.5.